The van der Waals surface area contributed by atoms with Crippen LogP contribution < -0.4 is 10.6 Å². The highest BCUT2D eigenvalue weighted by molar-refractivity contribution is 5.77. The minimum absolute atomic E-state index is 0.0575. The van der Waals surface area contributed by atoms with Gasteiger partial charge in [0, 0.05) is 25.7 Å². The van der Waals surface area contributed by atoms with E-state index in [1.54, 1.807) is 6.92 Å². The maximum atomic E-state index is 12.8. The number of alkyl halides is 3. The fraction of sp³-hybridized carbons (Fsp3) is 0.455. The number of nitrogens with two attached hydrogens (primary N) is 1. The molecule has 4 nitrogen and oxygen atoms in total. The SMILES string of the molecule is CCN(CCC(=N)N)c1ncccc1C(F)(F)F. The van der Waals surface area contributed by atoms with Gasteiger partial charge in [0.1, 0.15) is 5.82 Å². The fourth-order valence-electron chi connectivity index (χ4n) is 1.54. The quantitative estimate of drug-likeness (QED) is 0.630. The normalized spacial score (nSPS) is 11.3. The number of aromatic nitrogens is 1. The zero-order chi connectivity index (χ0) is 13.8. The van der Waals surface area contributed by atoms with Crippen LogP contribution >= 0.6 is 0 Å². The van der Waals surface area contributed by atoms with Crippen molar-refractivity contribution in [1.82, 2.24) is 4.98 Å². The van der Waals surface area contributed by atoms with Gasteiger partial charge >= 0.3 is 6.18 Å². The number of pyridine rings is 1. The Morgan fingerprint density at radius 1 is 1.50 bits per heavy atom. The number of rotatable bonds is 5. The lowest BCUT2D eigenvalue weighted by molar-refractivity contribution is -0.137. The largest absolute Gasteiger partial charge is 0.419 e. The second-order valence-electron chi connectivity index (χ2n) is 3.73. The van der Waals surface area contributed by atoms with E-state index in [0.29, 0.717) is 6.54 Å². The van der Waals surface area contributed by atoms with Crippen molar-refractivity contribution in [2.24, 2.45) is 5.73 Å². The van der Waals surface area contributed by atoms with E-state index in [1.165, 1.54) is 17.2 Å². The molecule has 7 heteroatoms. The number of anilines is 1. The molecule has 0 spiro atoms. The summed E-state index contributed by atoms with van der Waals surface area (Å²) in [5.41, 5.74) is 4.44. The maximum absolute atomic E-state index is 12.8. The summed E-state index contributed by atoms with van der Waals surface area (Å²) in [5, 5.41) is 7.11. The van der Waals surface area contributed by atoms with Crippen LogP contribution in [0.15, 0.2) is 18.3 Å². The van der Waals surface area contributed by atoms with Crippen molar-refractivity contribution in [2.45, 2.75) is 19.5 Å². The Hall–Kier alpha value is -1.79. The first-order valence-corrected chi connectivity index (χ1v) is 5.46. The monoisotopic (exact) mass is 260 g/mol. The van der Waals surface area contributed by atoms with Crippen LogP contribution in [0, 0.1) is 5.41 Å². The van der Waals surface area contributed by atoms with E-state index >= 15 is 0 Å². The summed E-state index contributed by atoms with van der Waals surface area (Å²) in [6.45, 7) is 2.34. The summed E-state index contributed by atoms with van der Waals surface area (Å²) in [6.07, 6.45) is -2.91. The van der Waals surface area contributed by atoms with Crippen LogP contribution in [0.1, 0.15) is 18.9 Å². The summed E-state index contributed by atoms with van der Waals surface area (Å²) in [7, 11) is 0. The van der Waals surface area contributed by atoms with Crippen LogP contribution in [-0.2, 0) is 6.18 Å². The lowest BCUT2D eigenvalue weighted by atomic mass is 10.2. The highest BCUT2D eigenvalue weighted by Crippen LogP contribution is 2.34. The molecule has 0 aliphatic rings. The molecule has 0 saturated carbocycles. The molecule has 0 unspecified atom stereocenters. The number of hydrogen-bond acceptors (Lipinski definition) is 3. The number of hydrogen-bond donors (Lipinski definition) is 2. The molecule has 0 saturated heterocycles. The molecule has 1 aromatic heterocycles. The molecule has 0 fully saturated rings. The average Bonchev–Trinajstić information content (AvgIpc) is 2.29. The Kier molecular flexibility index (Phi) is 4.52. The molecule has 1 aromatic rings. The third-order valence-electron chi connectivity index (χ3n) is 2.42. The predicted molar refractivity (Wildman–Crippen MR) is 63.7 cm³/mol. The van der Waals surface area contributed by atoms with Crippen LogP contribution in [0.3, 0.4) is 0 Å². The summed E-state index contributed by atoms with van der Waals surface area (Å²) in [6, 6.07) is 2.25. The molecule has 0 bridgehead atoms. The lowest BCUT2D eigenvalue weighted by Crippen LogP contribution is -2.30. The average molecular weight is 260 g/mol. The fourth-order valence-corrected chi connectivity index (χ4v) is 1.54. The minimum atomic E-state index is -4.44. The van der Waals surface area contributed by atoms with Crippen LogP contribution in [-0.4, -0.2) is 23.9 Å². The standard InChI is InChI=1S/C11H15F3N4/c1-2-18(7-5-9(15)16)10-8(11(12,13)14)4-3-6-17-10/h3-4,6H,2,5,7H2,1H3,(H3,15,16). The highest BCUT2D eigenvalue weighted by atomic mass is 19.4. The molecule has 0 amide bonds. The van der Waals surface area contributed by atoms with Gasteiger partial charge < -0.3 is 10.6 Å². The van der Waals surface area contributed by atoms with Gasteiger partial charge in [0.2, 0.25) is 0 Å². The van der Waals surface area contributed by atoms with Crippen LogP contribution in [0.25, 0.3) is 0 Å². The Balaban J connectivity index is 3.02. The van der Waals surface area contributed by atoms with Crippen molar-refractivity contribution < 1.29 is 13.2 Å². The molecule has 0 atom stereocenters. The zero-order valence-electron chi connectivity index (χ0n) is 9.96. The van der Waals surface area contributed by atoms with Gasteiger partial charge in [0.15, 0.2) is 0 Å². The zero-order valence-corrected chi connectivity index (χ0v) is 9.96. The van der Waals surface area contributed by atoms with E-state index in [-0.39, 0.29) is 24.6 Å². The maximum Gasteiger partial charge on any atom is 0.419 e. The van der Waals surface area contributed by atoms with Gasteiger partial charge in [-0.2, -0.15) is 13.2 Å². The Morgan fingerprint density at radius 2 is 2.17 bits per heavy atom. The second-order valence-corrected chi connectivity index (χ2v) is 3.73. The Morgan fingerprint density at radius 3 is 2.67 bits per heavy atom. The van der Waals surface area contributed by atoms with Crippen molar-refractivity contribution in [2.75, 3.05) is 18.0 Å². The molecule has 3 N–H and O–H groups in total. The molecule has 0 radical (unpaired) electrons. The molecule has 18 heavy (non-hydrogen) atoms. The van der Waals surface area contributed by atoms with Crippen LogP contribution in [0.4, 0.5) is 19.0 Å². The van der Waals surface area contributed by atoms with Gasteiger partial charge in [-0.25, -0.2) is 4.98 Å². The molecule has 0 aliphatic carbocycles. The number of halogens is 3. The van der Waals surface area contributed by atoms with Crippen LogP contribution in [0.5, 0.6) is 0 Å². The van der Waals surface area contributed by atoms with E-state index < -0.39 is 11.7 Å². The van der Waals surface area contributed by atoms with Crippen molar-refractivity contribution in [3.8, 4) is 0 Å². The van der Waals surface area contributed by atoms with Crippen molar-refractivity contribution >= 4 is 11.7 Å². The molecule has 100 valence electrons. The number of nitrogens with one attached hydrogen (secondary N) is 1. The Labute approximate surface area is 103 Å². The molecule has 1 heterocycles. The van der Waals surface area contributed by atoms with Gasteiger partial charge in [-0.05, 0) is 19.1 Å². The van der Waals surface area contributed by atoms with Crippen molar-refractivity contribution in [3.63, 3.8) is 0 Å². The summed E-state index contributed by atoms with van der Waals surface area (Å²) >= 11 is 0. The summed E-state index contributed by atoms with van der Waals surface area (Å²) < 4.78 is 38.4. The predicted octanol–water partition coefficient (Wildman–Crippen LogP) is 2.25. The first-order chi connectivity index (χ1) is 8.36. The van der Waals surface area contributed by atoms with Gasteiger partial charge in [-0.15, -0.1) is 0 Å². The van der Waals surface area contributed by atoms with E-state index in [0.717, 1.165) is 6.07 Å². The topological polar surface area (TPSA) is 66.0 Å². The number of amidine groups is 1. The molecular formula is C11H15F3N4. The third kappa shape index (κ3) is 3.61. The number of nitrogens with zero attached hydrogens (tertiary/aromatic N) is 2. The summed E-state index contributed by atoms with van der Waals surface area (Å²) in [5.74, 6) is -0.174. The van der Waals surface area contributed by atoms with E-state index in [4.69, 9.17) is 11.1 Å². The highest BCUT2D eigenvalue weighted by Gasteiger charge is 2.35. The molecule has 1 rings (SSSR count). The van der Waals surface area contributed by atoms with E-state index in [1.807, 2.05) is 0 Å². The first-order valence-electron chi connectivity index (χ1n) is 5.46. The summed E-state index contributed by atoms with van der Waals surface area (Å²) in [4.78, 5) is 5.25. The van der Waals surface area contributed by atoms with Crippen molar-refractivity contribution in [1.29, 1.82) is 5.41 Å². The molecular weight excluding hydrogens is 245 g/mol. The van der Waals surface area contributed by atoms with Gasteiger partial charge in [0.05, 0.1) is 11.4 Å². The van der Waals surface area contributed by atoms with Crippen molar-refractivity contribution in [3.05, 3.63) is 23.9 Å². The molecule has 0 aliphatic heterocycles. The van der Waals surface area contributed by atoms with Gasteiger partial charge in [-0.3, -0.25) is 5.41 Å². The van der Waals surface area contributed by atoms with Crippen LogP contribution in [0.2, 0.25) is 0 Å². The van der Waals surface area contributed by atoms with Gasteiger partial charge in [0.25, 0.3) is 0 Å². The third-order valence-corrected chi connectivity index (χ3v) is 2.42. The van der Waals surface area contributed by atoms with E-state index in [9.17, 15) is 13.2 Å². The smallest absolute Gasteiger partial charge is 0.388 e. The molecule has 0 aromatic carbocycles. The van der Waals surface area contributed by atoms with E-state index in [2.05, 4.69) is 4.98 Å². The first kappa shape index (κ1) is 14.3. The van der Waals surface area contributed by atoms with Gasteiger partial charge in [-0.1, -0.05) is 0 Å². The lowest BCUT2D eigenvalue weighted by Gasteiger charge is -2.24. The second kappa shape index (κ2) is 5.70. The Bertz CT molecular complexity index is 417. The minimum Gasteiger partial charge on any atom is -0.388 e.